The Kier molecular flexibility index (Phi) is 3.18. The predicted octanol–water partition coefficient (Wildman–Crippen LogP) is 3.83. The molecule has 0 amide bonds. The van der Waals surface area contributed by atoms with Crippen molar-refractivity contribution in [3.8, 4) is 5.75 Å². The summed E-state index contributed by atoms with van der Waals surface area (Å²) in [6, 6.07) is 8.53. The molecule has 3 rings (SSSR count). The van der Waals surface area contributed by atoms with Crippen molar-refractivity contribution in [1.82, 2.24) is 0 Å². The van der Waals surface area contributed by atoms with E-state index in [2.05, 4.69) is 0 Å². The van der Waals surface area contributed by atoms with Crippen molar-refractivity contribution in [2.75, 3.05) is 0 Å². The van der Waals surface area contributed by atoms with Crippen LogP contribution in [0.2, 0.25) is 0 Å². The fourth-order valence-corrected chi connectivity index (χ4v) is 2.61. The number of aliphatic hydroxyl groups is 1. The second-order valence-electron chi connectivity index (χ2n) is 5.04. The number of halogens is 2. The van der Waals surface area contributed by atoms with E-state index in [-0.39, 0.29) is 5.82 Å². The van der Waals surface area contributed by atoms with Crippen LogP contribution in [0.25, 0.3) is 0 Å². The minimum absolute atomic E-state index is 0.311. The lowest BCUT2D eigenvalue weighted by Crippen LogP contribution is -2.20. The smallest absolute Gasteiger partial charge is 0.128 e. The highest BCUT2D eigenvalue weighted by molar-refractivity contribution is 5.40. The molecule has 0 saturated carbocycles. The number of fused-ring (bicyclic) bond motifs is 1. The highest BCUT2D eigenvalue weighted by Gasteiger charge is 2.29. The van der Waals surface area contributed by atoms with Gasteiger partial charge in [-0.2, -0.15) is 0 Å². The lowest BCUT2D eigenvalue weighted by Gasteiger charge is -2.30. The van der Waals surface area contributed by atoms with E-state index < -0.39 is 18.0 Å². The van der Waals surface area contributed by atoms with Gasteiger partial charge in [-0.25, -0.2) is 8.78 Å². The molecule has 1 heterocycles. The zero-order valence-electron chi connectivity index (χ0n) is 10.9. The van der Waals surface area contributed by atoms with Gasteiger partial charge in [-0.05, 0) is 42.3 Å². The maximum Gasteiger partial charge on any atom is 0.128 e. The Hall–Kier alpha value is -1.94. The third kappa shape index (κ3) is 2.27. The zero-order valence-corrected chi connectivity index (χ0v) is 10.9. The Balaban J connectivity index is 1.98. The molecule has 1 aliphatic heterocycles. The summed E-state index contributed by atoms with van der Waals surface area (Å²) in [5.74, 6) is -0.376. The normalized spacial score (nSPS) is 21.2. The molecular formula is C16H14F2O2. The summed E-state index contributed by atoms with van der Waals surface area (Å²) in [6.07, 6.45) is -0.751. The van der Waals surface area contributed by atoms with Crippen molar-refractivity contribution >= 4 is 0 Å². The average molecular weight is 276 g/mol. The second kappa shape index (κ2) is 4.87. The molecule has 2 nitrogen and oxygen atoms in total. The summed E-state index contributed by atoms with van der Waals surface area (Å²) < 4.78 is 32.2. The molecule has 2 atom stereocenters. The summed E-state index contributed by atoms with van der Waals surface area (Å²) >= 11 is 0. The Morgan fingerprint density at radius 1 is 1.05 bits per heavy atom. The molecule has 1 N–H and O–H groups in total. The maximum absolute atomic E-state index is 13.3. The standard InChI is InChI=1S/C16H14F2O2/c1-9-6-10(17)2-4-12(9)16-8-14(19)13-5-3-11(18)7-15(13)20-16/h2-7,14,16,19H,8H2,1H3. The van der Waals surface area contributed by atoms with Crippen LogP contribution in [0.1, 0.15) is 35.3 Å². The molecule has 2 aromatic rings. The highest BCUT2D eigenvalue weighted by atomic mass is 19.1. The molecule has 2 aromatic carbocycles. The van der Waals surface area contributed by atoms with Gasteiger partial charge in [-0.1, -0.05) is 6.07 Å². The minimum atomic E-state index is -0.714. The number of benzene rings is 2. The van der Waals surface area contributed by atoms with Crippen LogP contribution in [0.5, 0.6) is 5.75 Å². The first kappa shape index (κ1) is 13.1. The molecule has 1 aliphatic rings. The molecule has 0 aromatic heterocycles. The monoisotopic (exact) mass is 276 g/mol. The van der Waals surface area contributed by atoms with Crippen LogP contribution in [0, 0.1) is 18.6 Å². The predicted molar refractivity (Wildman–Crippen MR) is 70.5 cm³/mol. The summed E-state index contributed by atoms with van der Waals surface area (Å²) in [7, 11) is 0. The molecule has 2 unspecified atom stereocenters. The van der Waals surface area contributed by atoms with Crippen LogP contribution in [-0.2, 0) is 0 Å². The molecule has 0 bridgehead atoms. The zero-order chi connectivity index (χ0) is 14.3. The third-order valence-electron chi connectivity index (χ3n) is 3.62. The molecule has 0 saturated heterocycles. The molecule has 0 spiro atoms. The van der Waals surface area contributed by atoms with Crippen molar-refractivity contribution in [3.63, 3.8) is 0 Å². The second-order valence-corrected chi connectivity index (χ2v) is 5.04. The lowest BCUT2D eigenvalue weighted by molar-refractivity contribution is 0.0650. The summed E-state index contributed by atoms with van der Waals surface area (Å²) in [5.41, 5.74) is 2.14. The van der Waals surface area contributed by atoms with Crippen LogP contribution >= 0.6 is 0 Å². The van der Waals surface area contributed by atoms with E-state index >= 15 is 0 Å². The van der Waals surface area contributed by atoms with Crippen LogP contribution in [0.4, 0.5) is 8.78 Å². The van der Waals surface area contributed by atoms with Gasteiger partial charge in [0.25, 0.3) is 0 Å². The van der Waals surface area contributed by atoms with Gasteiger partial charge >= 0.3 is 0 Å². The molecular weight excluding hydrogens is 262 g/mol. The molecule has 4 heteroatoms. The number of hydrogen-bond donors (Lipinski definition) is 1. The molecule has 20 heavy (non-hydrogen) atoms. The van der Waals surface area contributed by atoms with E-state index in [1.54, 1.807) is 13.0 Å². The van der Waals surface area contributed by atoms with Gasteiger partial charge in [0.15, 0.2) is 0 Å². The molecule has 104 valence electrons. The van der Waals surface area contributed by atoms with Crippen molar-refractivity contribution in [3.05, 3.63) is 64.7 Å². The molecule has 0 fully saturated rings. The third-order valence-corrected chi connectivity index (χ3v) is 3.62. The van der Waals surface area contributed by atoms with E-state index in [4.69, 9.17) is 4.74 Å². The number of aliphatic hydroxyl groups excluding tert-OH is 1. The van der Waals surface area contributed by atoms with Crippen molar-refractivity contribution in [2.24, 2.45) is 0 Å². The Labute approximate surface area is 115 Å². The quantitative estimate of drug-likeness (QED) is 0.857. The first-order valence-corrected chi connectivity index (χ1v) is 6.45. The molecule has 0 radical (unpaired) electrons. The van der Waals surface area contributed by atoms with Crippen molar-refractivity contribution in [2.45, 2.75) is 25.6 Å². The van der Waals surface area contributed by atoms with Gasteiger partial charge < -0.3 is 9.84 Å². The van der Waals surface area contributed by atoms with Crippen LogP contribution in [-0.4, -0.2) is 5.11 Å². The van der Waals surface area contributed by atoms with Crippen molar-refractivity contribution < 1.29 is 18.6 Å². The van der Waals surface area contributed by atoms with Crippen LogP contribution in [0.3, 0.4) is 0 Å². The summed E-state index contributed by atoms with van der Waals surface area (Å²) in [4.78, 5) is 0. The van der Waals surface area contributed by atoms with Gasteiger partial charge in [-0.3, -0.25) is 0 Å². The van der Waals surface area contributed by atoms with E-state index in [1.807, 2.05) is 0 Å². The van der Waals surface area contributed by atoms with E-state index in [9.17, 15) is 13.9 Å². The van der Waals surface area contributed by atoms with E-state index in [0.29, 0.717) is 17.7 Å². The summed E-state index contributed by atoms with van der Waals surface area (Å²) in [5, 5.41) is 10.2. The first-order chi connectivity index (χ1) is 9.54. The Morgan fingerprint density at radius 2 is 1.70 bits per heavy atom. The van der Waals surface area contributed by atoms with Gasteiger partial charge in [0.05, 0.1) is 6.10 Å². The van der Waals surface area contributed by atoms with Crippen molar-refractivity contribution in [1.29, 1.82) is 0 Å². The Morgan fingerprint density at radius 3 is 2.40 bits per heavy atom. The lowest BCUT2D eigenvalue weighted by atomic mass is 9.93. The number of aryl methyl sites for hydroxylation is 1. The van der Waals surface area contributed by atoms with Gasteiger partial charge in [0.1, 0.15) is 23.5 Å². The number of hydrogen-bond acceptors (Lipinski definition) is 2. The first-order valence-electron chi connectivity index (χ1n) is 6.45. The van der Waals surface area contributed by atoms with Crippen LogP contribution < -0.4 is 4.74 Å². The van der Waals surface area contributed by atoms with Gasteiger partial charge in [-0.15, -0.1) is 0 Å². The molecule has 0 aliphatic carbocycles. The fraction of sp³-hybridized carbons (Fsp3) is 0.250. The van der Waals surface area contributed by atoms with E-state index in [1.165, 1.54) is 30.3 Å². The SMILES string of the molecule is Cc1cc(F)ccc1C1CC(O)c2ccc(F)cc2O1. The minimum Gasteiger partial charge on any atom is -0.485 e. The number of rotatable bonds is 1. The fourth-order valence-electron chi connectivity index (χ4n) is 2.61. The van der Waals surface area contributed by atoms with Gasteiger partial charge in [0, 0.05) is 18.1 Å². The highest BCUT2D eigenvalue weighted by Crippen LogP contribution is 2.41. The largest absolute Gasteiger partial charge is 0.485 e. The topological polar surface area (TPSA) is 29.5 Å². The summed E-state index contributed by atoms with van der Waals surface area (Å²) in [6.45, 7) is 1.79. The number of ether oxygens (including phenoxy) is 1. The maximum atomic E-state index is 13.3. The average Bonchev–Trinajstić information content (AvgIpc) is 2.37. The van der Waals surface area contributed by atoms with Gasteiger partial charge in [0.2, 0.25) is 0 Å². The Bertz CT molecular complexity index is 655. The van der Waals surface area contributed by atoms with E-state index in [0.717, 1.165) is 11.1 Å². The van der Waals surface area contributed by atoms with Crippen LogP contribution in [0.15, 0.2) is 36.4 Å².